The smallest absolute Gasteiger partial charge is 0.188 e. The molecule has 0 radical (unpaired) electrons. The van der Waals surface area contributed by atoms with Crippen molar-refractivity contribution in [2.45, 2.75) is 5.16 Å². The summed E-state index contributed by atoms with van der Waals surface area (Å²) in [5.74, 6) is 0.932. The summed E-state index contributed by atoms with van der Waals surface area (Å²) >= 11 is 1.56. The van der Waals surface area contributed by atoms with Gasteiger partial charge >= 0.3 is 0 Å². The second kappa shape index (κ2) is 5.58. The zero-order valence-corrected chi connectivity index (χ0v) is 9.08. The third-order valence-electron chi connectivity index (χ3n) is 1.52. The van der Waals surface area contributed by atoms with Crippen LogP contribution in [0.4, 0.5) is 0 Å². The van der Waals surface area contributed by atoms with Crippen LogP contribution in [0.25, 0.3) is 0 Å². The average Bonchev–Trinajstić information content (AvgIpc) is 2.18. The van der Waals surface area contributed by atoms with Gasteiger partial charge in [-0.3, -0.25) is 0 Å². The Balaban J connectivity index is 2.47. The molecular formula is C9H12N4S. The Bertz CT molecular complexity index is 332. The third-order valence-corrected chi connectivity index (χ3v) is 2.36. The minimum atomic E-state index is 0.423. The Hall–Kier alpha value is -1.12. The van der Waals surface area contributed by atoms with Crippen molar-refractivity contribution in [1.29, 1.82) is 5.26 Å². The molecule has 74 valence electrons. The zero-order chi connectivity index (χ0) is 10.4. The monoisotopic (exact) mass is 208 g/mol. The lowest BCUT2D eigenvalue weighted by atomic mass is 10.5. The van der Waals surface area contributed by atoms with Crippen molar-refractivity contribution in [3.05, 3.63) is 18.0 Å². The molecule has 0 atom stereocenters. The highest BCUT2D eigenvalue weighted by Crippen LogP contribution is 2.11. The van der Waals surface area contributed by atoms with Crippen LogP contribution in [-0.2, 0) is 0 Å². The van der Waals surface area contributed by atoms with Crippen molar-refractivity contribution < 1.29 is 0 Å². The van der Waals surface area contributed by atoms with E-state index in [1.54, 1.807) is 24.0 Å². The van der Waals surface area contributed by atoms with Gasteiger partial charge in [0.05, 0.1) is 0 Å². The Morgan fingerprint density at radius 1 is 1.57 bits per heavy atom. The van der Waals surface area contributed by atoms with Crippen molar-refractivity contribution in [2.24, 2.45) is 0 Å². The van der Waals surface area contributed by atoms with Crippen LogP contribution in [-0.4, -0.2) is 41.3 Å². The molecule has 0 aliphatic rings. The first-order valence-corrected chi connectivity index (χ1v) is 5.21. The predicted molar refractivity (Wildman–Crippen MR) is 56.0 cm³/mol. The summed E-state index contributed by atoms with van der Waals surface area (Å²) in [6.45, 7) is 0.977. The minimum absolute atomic E-state index is 0.423. The Kier molecular flexibility index (Phi) is 4.36. The molecule has 14 heavy (non-hydrogen) atoms. The maximum absolute atomic E-state index is 8.62. The molecule has 0 saturated heterocycles. The second-order valence-electron chi connectivity index (χ2n) is 2.99. The van der Waals surface area contributed by atoms with E-state index in [1.165, 1.54) is 0 Å². The summed E-state index contributed by atoms with van der Waals surface area (Å²) < 4.78 is 0. The minimum Gasteiger partial charge on any atom is -0.309 e. The number of hydrogen-bond donors (Lipinski definition) is 0. The van der Waals surface area contributed by atoms with Crippen LogP contribution in [0.3, 0.4) is 0 Å². The number of nitrogens with zero attached hydrogens (tertiary/aromatic N) is 4. The molecule has 0 spiro atoms. The van der Waals surface area contributed by atoms with Crippen molar-refractivity contribution >= 4 is 11.8 Å². The number of hydrogen-bond acceptors (Lipinski definition) is 5. The van der Waals surface area contributed by atoms with Crippen LogP contribution in [0.2, 0.25) is 0 Å². The highest BCUT2D eigenvalue weighted by atomic mass is 32.2. The molecule has 1 aromatic rings. The number of nitriles is 1. The van der Waals surface area contributed by atoms with Crippen LogP contribution in [0.5, 0.6) is 0 Å². The molecule has 0 amide bonds. The molecule has 0 aliphatic carbocycles. The van der Waals surface area contributed by atoms with Crippen molar-refractivity contribution in [3.8, 4) is 6.07 Å². The Labute approximate surface area is 88.0 Å². The van der Waals surface area contributed by atoms with Gasteiger partial charge in [0, 0.05) is 18.5 Å². The maximum atomic E-state index is 8.62. The van der Waals surface area contributed by atoms with Gasteiger partial charge < -0.3 is 4.90 Å². The molecule has 0 saturated carbocycles. The van der Waals surface area contributed by atoms with Crippen LogP contribution in [0, 0.1) is 11.3 Å². The first kappa shape index (κ1) is 11.0. The van der Waals surface area contributed by atoms with E-state index in [1.807, 2.05) is 20.2 Å². The van der Waals surface area contributed by atoms with Gasteiger partial charge in [0.15, 0.2) is 5.16 Å². The first-order chi connectivity index (χ1) is 6.72. The van der Waals surface area contributed by atoms with Gasteiger partial charge in [-0.05, 0) is 20.2 Å². The maximum Gasteiger partial charge on any atom is 0.188 e. The van der Waals surface area contributed by atoms with E-state index in [-0.39, 0.29) is 0 Å². The Morgan fingerprint density at radius 2 is 2.36 bits per heavy atom. The van der Waals surface area contributed by atoms with Crippen LogP contribution in [0.1, 0.15) is 5.69 Å². The summed E-state index contributed by atoms with van der Waals surface area (Å²) in [6, 6.07) is 3.60. The lowest BCUT2D eigenvalue weighted by molar-refractivity contribution is 0.437. The lowest BCUT2D eigenvalue weighted by Gasteiger charge is -2.07. The highest BCUT2D eigenvalue weighted by Gasteiger charge is 1.99. The zero-order valence-electron chi connectivity index (χ0n) is 8.27. The quantitative estimate of drug-likeness (QED) is 0.546. The largest absolute Gasteiger partial charge is 0.309 e. The molecule has 0 N–H and O–H groups in total. The van der Waals surface area contributed by atoms with E-state index in [9.17, 15) is 0 Å². The van der Waals surface area contributed by atoms with Gasteiger partial charge in [-0.15, -0.1) is 0 Å². The summed E-state index contributed by atoms with van der Waals surface area (Å²) in [7, 11) is 4.04. The van der Waals surface area contributed by atoms with Crippen LogP contribution >= 0.6 is 11.8 Å². The molecule has 0 unspecified atom stereocenters. The van der Waals surface area contributed by atoms with E-state index in [2.05, 4.69) is 14.9 Å². The van der Waals surface area contributed by atoms with Crippen LogP contribution < -0.4 is 0 Å². The van der Waals surface area contributed by atoms with Gasteiger partial charge in [0.2, 0.25) is 0 Å². The molecule has 1 aromatic heterocycles. The predicted octanol–water partition coefficient (Wildman–Crippen LogP) is 1.00. The molecule has 1 heterocycles. The Morgan fingerprint density at radius 3 is 3.00 bits per heavy atom. The normalized spacial score (nSPS) is 10.1. The number of thioether (sulfide) groups is 1. The molecule has 0 aliphatic heterocycles. The van der Waals surface area contributed by atoms with E-state index >= 15 is 0 Å². The topological polar surface area (TPSA) is 52.8 Å². The van der Waals surface area contributed by atoms with Gasteiger partial charge in [-0.25, -0.2) is 9.97 Å². The lowest BCUT2D eigenvalue weighted by Crippen LogP contribution is -2.14. The van der Waals surface area contributed by atoms with Crippen molar-refractivity contribution in [3.63, 3.8) is 0 Å². The van der Waals surface area contributed by atoms with Gasteiger partial charge in [0.1, 0.15) is 11.8 Å². The van der Waals surface area contributed by atoms with Crippen LogP contribution in [0.15, 0.2) is 17.4 Å². The molecule has 1 rings (SSSR count). The first-order valence-electron chi connectivity index (χ1n) is 4.23. The van der Waals surface area contributed by atoms with Gasteiger partial charge in [-0.2, -0.15) is 5.26 Å². The number of aromatic nitrogens is 2. The summed E-state index contributed by atoms with van der Waals surface area (Å²) in [5, 5.41) is 9.29. The summed E-state index contributed by atoms with van der Waals surface area (Å²) in [6.07, 6.45) is 1.61. The van der Waals surface area contributed by atoms with E-state index in [4.69, 9.17) is 5.26 Å². The fraction of sp³-hybridized carbons (Fsp3) is 0.444. The fourth-order valence-electron chi connectivity index (χ4n) is 0.792. The van der Waals surface area contributed by atoms with Crippen molar-refractivity contribution in [2.75, 3.05) is 26.4 Å². The van der Waals surface area contributed by atoms with E-state index in [0.29, 0.717) is 10.9 Å². The third kappa shape index (κ3) is 3.73. The summed E-state index contributed by atoms with van der Waals surface area (Å²) in [5.41, 5.74) is 0.423. The number of rotatable bonds is 4. The van der Waals surface area contributed by atoms with Gasteiger partial charge in [-0.1, -0.05) is 11.8 Å². The molecule has 4 nitrogen and oxygen atoms in total. The van der Waals surface area contributed by atoms with E-state index in [0.717, 1.165) is 12.3 Å². The fourth-order valence-corrected chi connectivity index (χ4v) is 1.73. The molecule has 0 fully saturated rings. The van der Waals surface area contributed by atoms with E-state index < -0.39 is 0 Å². The average molecular weight is 208 g/mol. The molecule has 5 heteroatoms. The summed E-state index contributed by atoms with van der Waals surface area (Å²) in [4.78, 5) is 10.2. The standard InChI is InChI=1S/C9H12N4S/c1-13(2)5-6-14-9-11-4-3-8(7-10)12-9/h3-4H,5-6H2,1-2H3. The SMILES string of the molecule is CN(C)CCSc1nccc(C#N)n1. The molecule has 0 bridgehead atoms. The van der Waals surface area contributed by atoms with Gasteiger partial charge in [0.25, 0.3) is 0 Å². The second-order valence-corrected chi connectivity index (χ2v) is 4.05. The highest BCUT2D eigenvalue weighted by molar-refractivity contribution is 7.99. The van der Waals surface area contributed by atoms with Crippen molar-refractivity contribution in [1.82, 2.24) is 14.9 Å². The molecular weight excluding hydrogens is 196 g/mol. The molecule has 0 aromatic carbocycles.